The number of Topliss-reactive ketones (excluding diaryl/α,β-unsaturated/α-hetero) is 3. The summed E-state index contributed by atoms with van der Waals surface area (Å²) in [6, 6.07) is 1.35. The Labute approximate surface area is 401 Å². The van der Waals surface area contributed by atoms with Crippen LogP contribution in [0.25, 0.3) is 0 Å². The molecule has 13 N–H and O–H groups in total. The van der Waals surface area contributed by atoms with Gasteiger partial charge in [0.2, 0.25) is 53.2 Å². The number of primary amides is 3. The molecule has 0 bridgehead atoms. The van der Waals surface area contributed by atoms with Crippen LogP contribution in [-0.2, 0) is 64.0 Å². The molecule has 380 valence electrons. The summed E-state index contributed by atoms with van der Waals surface area (Å²) in [5, 5.41) is 12.7. The molecular weight excluding hydrogens is 897 g/mol. The Morgan fingerprint density at radius 2 is 1.48 bits per heavy atom. The summed E-state index contributed by atoms with van der Waals surface area (Å²) < 4.78 is 0. The summed E-state index contributed by atoms with van der Waals surface area (Å²) in [7, 11) is 0. The summed E-state index contributed by atoms with van der Waals surface area (Å²) in [4.78, 5) is 162. The molecule has 0 spiro atoms. The van der Waals surface area contributed by atoms with Crippen molar-refractivity contribution in [3.8, 4) is 0 Å². The van der Waals surface area contributed by atoms with Crippen molar-refractivity contribution >= 4 is 76.2 Å². The smallest absolute Gasteiger partial charge is 0.243 e. The number of rotatable bonds is 18. The molecule has 2 heterocycles. The zero-order valence-electron chi connectivity index (χ0n) is 40.0. The third-order valence-corrected chi connectivity index (χ3v) is 12.5. The molecule has 3 rings (SSSR count). The Balaban J connectivity index is 2.06. The molecule has 0 unspecified atom stereocenters. The van der Waals surface area contributed by atoms with Crippen LogP contribution in [0.3, 0.4) is 0 Å². The van der Waals surface area contributed by atoms with Crippen LogP contribution in [0.1, 0.15) is 110 Å². The number of carbonyl (C=O) groups is 12. The lowest BCUT2D eigenvalue weighted by Gasteiger charge is -2.30. The highest BCUT2D eigenvalue weighted by molar-refractivity contribution is 5.99. The number of nitrogens with one attached hydrogen (secondary N) is 5. The molecule has 0 saturated carbocycles. The van der Waals surface area contributed by atoms with E-state index in [2.05, 4.69) is 26.6 Å². The highest BCUT2D eigenvalue weighted by Gasteiger charge is 2.41. The van der Waals surface area contributed by atoms with Gasteiger partial charge in [-0.25, -0.2) is 0 Å². The zero-order valence-corrected chi connectivity index (χ0v) is 40.0. The number of nitrogen functional groups attached to an aromatic ring is 1. The van der Waals surface area contributed by atoms with Crippen molar-refractivity contribution in [1.29, 1.82) is 0 Å². The van der Waals surface area contributed by atoms with Gasteiger partial charge in [-0.05, 0) is 61.6 Å². The van der Waals surface area contributed by atoms with Gasteiger partial charge in [-0.15, -0.1) is 0 Å². The Kier molecular flexibility index (Phi) is 22.4. The van der Waals surface area contributed by atoms with Gasteiger partial charge in [0.25, 0.3) is 0 Å². The van der Waals surface area contributed by atoms with Crippen LogP contribution in [0.5, 0.6) is 0 Å². The summed E-state index contributed by atoms with van der Waals surface area (Å²) in [5.74, 6) is -13.0. The fourth-order valence-corrected chi connectivity index (χ4v) is 8.54. The first kappa shape index (κ1) is 56.6. The first-order valence-electron chi connectivity index (χ1n) is 23.5. The molecule has 22 heteroatoms. The first-order valence-corrected chi connectivity index (χ1v) is 23.5. The molecule has 0 aliphatic carbocycles. The molecule has 2 fully saturated rings. The largest absolute Gasteiger partial charge is 0.399 e. The Morgan fingerprint density at radius 1 is 0.797 bits per heavy atom. The highest BCUT2D eigenvalue weighted by Crippen LogP contribution is 2.28. The number of nitrogens with two attached hydrogens (primary N) is 4. The number of hydrogen-bond acceptors (Lipinski definition) is 13. The van der Waals surface area contributed by atoms with Crippen LogP contribution in [0.4, 0.5) is 5.69 Å². The van der Waals surface area contributed by atoms with Crippen LogP contribution >= 0.6 is 0 Å². The number of likely N-dealkylation sites (tertiary alicyclic amines) is 1. The molecule has 1 aromatic rings. The number of benzene rings is 1. The Bertz CT molecular complexity index is 2080. The second-order valence-corrected chi connectivity index (χ2v) is 18.6. The third kappa shape index (κ3) is 18.7. The molecule has 2 aliphatic rings. The van der Waals surface area contributed by atoms with Crippen molar-refractivity contribution in [1.82, 2.24) is 31.5 Å². The normalized spacial score (nSPS) is 23.4. The van der Waals surface area contributed by atoms with E-state index in [9.17, 15) is 57.5 Å². The van der Waals surface area contributed by atoms with Crippen molar-refractivity contribution < 1.29 is 57.5 Å². The van der Waals surface area contributed by atoms with Crippen molar-refractivity contribution in [2.24, 2.45) is 46.8 Å². The van der Waals surface area contributed by atoms with Crippen LogP contribution in [0, 0.1) is 29.6 Å². The minimum absolute atomic E-state index is 0.0298. The first-order chi connectivity index (χ1) is 32.5. The van der Waals surface area contributed by atoms with Gasteiger partial charge in [0, 0.05) is 68.5 Å². The van der Waals surface area contributed by atoms with E-state index in [4.69, 9.17) is 22.9 Å². The average Bonchev–Trinajstić information content (AvgIpc) is 3.78. The zero-order chi connectivity index (χ0) is 51.5. The maximum atomic E-state index is 14.6. The van der Waals surface area contributed by atoms with E-state index >= 15 is 0 Å². The minimum atomic E-state index is -1.65. The molecular formula is C47H70N10O12. The second-order valence-electron chi connectivity index (χ2n) is 18.6. The Morgan fingerprint density at radius 3 is 2.09 bits per heavy atom. The van der Waals surface area contributed by atoms with Gasteiger partial charge < -0.3 is 54.4 Å². The lowest BCUT2D eigenvalue weighted by molar-refractivity contribution is -0.144. The number of carbonyl (C=O) groups excluding carboxylic acids is 12. The molecule has 1 aromatic carbocycles. The van der Waals surface area contributed by atoms with Crippen molar-refractivity contribution in [3.05, 3.63) is 29.8 Å². The van der Waals surface area contributed by atoms with Crippen LogP contribution in [0.15, 0.2) is 24.3 Å². The minimum Gasteiger partial charge on any atom is -0.399 e. The van der Waals surface area contributed by atoms with E-state index in [0.717, 1.165) is 0 Å². The molecule has 0 radical (unpaired) electrons. The van der Waals surface area contributed by atoms with E-state index in [1.807, 2.05) is 13.8 Å². The van der Waals surface area contributed by atoms with E-state index in [-0.39, 0.29) is 57.4 Å². The highest BCUT2D eigenvalue weighted by atomic mass is 16.2. The van der Waals surface area contributed by atoms with Crippen LogP contribution < -0.4 is 49.5 Å². The van der Waals surface area contributed by atoms with Crippen LogP contribution in [-0.4, -0.2) is 119 Å². The molecule has 69 heavy (non-hydrogen) atoms. The number of nitrogens with zero attached hydrogens (tertiary/aromatic N) is 1. The number of hydrogen-bond donors (Lipinski definition) is 9. The van der Waals surface area contributed by atoms with Crippen molar-refractivity contribution in [2.45, 2.75) is 135 Å². The molecule has 2 saturated heterocycles. The summed E-state index contributed by atoms with van der Waals surface area (Å²) in [6.45, 7) is 6.19. The quantitative estimate of drug-likeness (QED) is 0.0776. The van der Waals surface area contributed by atoms with Gasteiger partial charge >= 0.3 is 0 Å². The number of amides is 9. The maximum Gasteiger partial charge on any atom is 0.243 e. The molecule has 9 amide bonds. The third-order valence-electron chi connectivity index (χ3n) is 12.5. The van der Waals surface area contributed by atoms with Crippen LogP contribution in [0.2, 0.25) is 0 Å². The van der Waals surface area contributed by atoms with Gasteiger partial charge in [0.1, 0.15) is 6.04 Å². The number of ketones is 3. The fraction of sp³-hybridized carbons (Fsp3) is 0.617. The molecule has 0 aromatic heterocycles. The van der Waals surface area contributed by atoms with Gasteiger partial charge in [0.15, 0.2) is 17.3 Å². The predicted octanol–water partition coefficient (Wildman–Crippen LogP) is -1.27. The second kappa shape index (κ2) is 27.3. The van der Waals surface area contributed by atoms with E-state index < -0.39 is 157 Å². The lowest BCUT2D eigenvalue weighted by atomic mass is 9.86. The monoisotopic (exact) mass is 967 g/mol. The van der Waals surface area contributed by atoms with Gasteiger partial charge in [-0.3, -0.25) is 57.5 Å². The standard InChI is InChI=1S/C47H70N10O12/c1-5-26(4)43-37(60)19-28(10-14-38(49)61)45(67)55-32(22-39(50)62)35(58)20-29(11-15-41(64)52-24-42(65)54-33(46(68)56-43)18-27-8-12-31(48)13-9-27)47(69)57-16-6-7-34(57)36(59)21-30(17-25(2)3)44(66)53-23-40(51)63/h8-9,12-13,25-26,28-30,32-34,43H,5-7,10-11,14-24,48H2,1-4H3,(H2,49,61)(H2,50,62)(H2,51,63)(H,52,64)(H,53,66)(H,54,65)(H,55,67)(H,56,68)/t26-,28+,29+,30+,32-,33-,34-,43-/m0/s1. The molecule has 2 aliphatic heterocycles. The molecule has 22 nitrogen and oxygen atoms in total. The number of anilines is 1. The van der Waals surface area contributed by atoms with E-state index in [1.54, 1.807) is 38.1 Å². The van der Waals surface area contributed by atoms with Gasteiger partial charge in [-0.1, -0.05) is 46.2 Å². The average molecular weight is 967 g/mol. The topological polar surface area (TPSA) is 372 Å². The lowest BCUT2D eigenvalue weighted by Crippen LogP contribution is -2.55. The fourth-order valence-electron chi connectivity index (χ4n) is 8.54. The molecule has 8 atom stereocenters. The summed E-state index contributed by atoms with van der Waals surface area (Å²) >= 11 is 0. The van der Waals surface area contributed by atoms with E-state index in [0.29, 0.717) is 24.1 Å². The van der Waals surface area contributed by atoms with Gasteiger partial charge in [-0.2, -0.15) is 0 Å². The summed E-state index contributed by atoms with van der Waals surface area (Å²) in [6.07, 6.45) is -2.40. The SMILES string of the molecule is CC[C@H](C)[C@@H]1NC(=O)[C@H](Cc2ccc(N)cc2)NC(=O)CNC(=O)CC[C@@H](C(=O)N2CCC[C@H]2C(=O)C[C@@H](CC(C)C)C(=O)NCC(N)=O)CC(=O)[C@H](CC(N)=O)NC(=O)[C@H](CCC(N)=O)CC1=O. The van der Waals surface area contributed by atoms with Crippen molar-refractivity contribution in [2.75, 3.05) is 25.4 Å². The Hall–Kier alpha value is -6.74. The van der Waals surface area contributed by atoms with Gasteiger partial charge in [0.05, 0.1) is 37.6 Å². The van der Waals surface area contributed by atoms with Crippen molar-refractivity contribution in [3.63, 3.8) is 0 Å². The predicted molar refractivity (Wildman–Crippen MR) is 250 cm³/mol. The maximum absolute atomic E-state index is 14.6. The summed E-state index contributed by atoms with van der Waals surface area (Å²) in [5.41, 5.74) is 23.1. The van der Waals surface area contributed by atoms with E-state index in [1.165, 1.54) is 4.90 Å².